The first-order valence-electron chi connectivity index (χ1n) is 3.26. The van der Waals surface area contributed by atoms with E-state index < -0.39 is 12.1 Å². The fourth-order valence-corrected chi connectivity index (χ4v) is 0.631. The number of carbonyl (C=O) groups is 1. The number of nitrogens with zero attached hydrogens (tertiary/aromatic N) is 1. The van der Waals surface area contributed by atoms with E-state index in [9.17, 15) is 9.59 Å². The minimum Gasteiger partial charge on any atom is -0.453 e. The summed E-state index contributed by atoms with van der Waals surface area (Å²) in [6, 6.07) is 0. The Labute approximate surface area is 66.1 Å². The van der Waals surface area contributed by atoms with Crippen molar-refractivity contribution < 1.29 is 14.3 Å². The van der Waals surface area contributed by atoms with Crippen LogP contribution in [0.1, 0.15) is 6.92 Å². The number of hydrogen-bond acceptors (Lipinski definition) is 4. The Morgan fingerprint density at radius 3 is 2.45 bits per heavy atom. The first-order chi connectivity index (χ1) is 5.06. The maximum absolute atomic E-state index is 10.4. The molecule has 1 unspecified atom stereocenters. The third-order valence-electron chi connectivity index (χ3n) is 0.971. The van der Waals surface area contributed by atoms with Crippen LogP contribution in [-0.4, -0.2) is 43.9 Å². The van der Waals surface area contributed by atoms with Gasteiger partial charge in [-0.1, -0.05) is 0 Å². The van der Waals surface area contributed by atoms with Crippen molar-refractivity contribution in [3.8, 4) is 0 Å². The van der Waals surface area contributed by atoms with E-state index in [0.717, 1.165) is 0 Å². The Hall–Kier alpha value is -0.900. The average Bonchev–Trinajstić information content (AvgIpc) is 1.84. The van der Waals surface area contributed by atoms with Gasteiger partial charge in [0.25, 0.3) is 0 Å². The van der Waals surface area contributed by atoms with Crippen LogP contribution in [0.2, 0.25) is 0 Å². The molecule has 0 amide bonds. The highest BCUT2D eigenvalue weighted by molar-refractivity contribution is 5.70. The fraction of sp³-hybridized carbons (Fsp3) is 0.714. The summed E-state index contributed by atoms with van der Waals surface area (Å²) in [5.74, 6) is -0.458. The van der Waals surface area contributed by atoms with E-state index in [2.05, 4.69) is 4.74 Å². The molecule has 1 radical (unpaired) electrons. The van der Waals surface area contributed by atoms with Gasteiger partial charge >= 0.3 is 5.97 Å². The number of esters is 1. The molecule has 0 N–H and O–H groups in total. The molecule has 11 heavy (non-hydrogen) atoms. The molecule has 0 aliphatic heterocycles. The van der Waals surface area contributed by atoms with Crippen molar-refractivity contribution in [1.82, 2.24) is 4.90 Å². The first kappa shape index (κ1) is 10.1. The third kappa shape index (κ3) is 5.54. The van der Waals surface area contributed by atoms with Crippen molar-refractivity contribution >= 4 is 12.3 Å². The lowest BCUT2D eigenvalue weighted by Crippen LogP contribution is -2.30. The summed E-state index contributed by atoms with van der Waals surface area (Å²) in [6.07, 6.45) is 0.868. The van der Waals surface area contributed by atoms with Crippen LogP contribution in [0.3, 0.4) is 0 Å². The molecule has 0 aromatic heterocycles. The maximum atomic E-state index is 10.4. The van der Waals surface area contributed by atoms with Gasteiger partial charge in [0.05, 0.1) is 0 Å². The van der Waals surface area contributed by atoms with Crippen molar-refractivity contribution in [3.63, 3.8) is 0 Å². The molecule has 0 rings (SSSR count). The Bertz CT molecular complexity index is 145. The monoisotopic (exact) mass is 158 g/mol. The van der Waals surface area contributed by atoms with E-state index in [-0.39, 0.29) is 0 Å². The summed E-state index contributed by atoms with van der Waals surface area (Å²) in [7, 11) is 3.57. The summed E-state index contributed by atoms with van der Waals surface area (Å²) in [5, 5.41) is 0. The molecule has 0 aromatic rings. The zero-order valence-electron chi connectivity index (χ0n) is 6.96. The van der Waals surface area contributed by atoms with E-state index in [0.29, 0.717) is 6.54 Å². The smallest absolute Gasteiger partial charge is 0.303 e. The minimum atomic E-state index is -0.762. The molecule has 0 bridgehead atoms. The Balaban J connectivity index is 3.76. The normalized spacial score (nSPS) is 12.7. The Morgan fingerprint density at radius 1 is 1.64 bits per heavy atom. The molecule has 0 aliphatic rings. The van der Waals surface area contributed by atoms with Gasteiger partial charge in [0.15, 0.2) is 6.10 Å². The molecule has 0 aromatic carbocycles. The van der Waals surface area contributed by atoms with E-state index >= 15 is 0 Å². The van der Waals surface area contributed by atoms with Crippen molar-refractivity contribution in [3.05, 3.63) is 0 Å². The zero-order valence-corrected chi connectivity index (χ0v) is 6.96. The van der Waals surface area contributed by atoms with Gasteiger partial charge in [-0.15, -0.1) is 0 Å². The number of likely N-dealkylation sites (N-methyl/N-ethyl adjacent to an activating group) is 1. The van der Waals surface area contributed by atoms with Gasteiger partial charge in [-0.3, -0.25) is 9.59 Å². The van der Waals surface area contributed by atoms with Crippen LogP contribution in [0.15, 0.2) is 0 Å². The lowest BCUT2D eigenvalue weighted by atomic mass is 10.4. The maximum Gasteiger partial charge on any atom is 0.303 e. The quantitative estimate of drug-likeness (QED) is 0.522. The Morgan fingerprint density at radius 2 is 2.18 bits per heavy atom. The molecule has 0 saturated heterocycles. The molecule has 0 saturated carbocycles. The molecular formula is C7H12NO3. The first-order valence-corrected chi connectivity index (χ1v) is 3.26. The van der Waals surface area contributed by atoms with Crippen LogP contribution in [0.5, 0.6) is 0 Å². The highest BCUT2D eigenvalue weighted by Gasteiger charge is 2.11. The van der Waals surface area contributed by atoms with Crippen LogP contribution in [0, 0.1) is 0 Å². The summed E-state index contributed by atoms with van der Waals surface area (Å²) in [4.78, 5) is 22.3. The van der Waals surface area contributed by atoms with Crippen LogP contribution >= 0.6 is 0 Å². The second-order valence-corrected chi connectivity index (χ2v) is 2.48. The number of rotatable bonds is 4. The van der Waals surface area contributed by atoms with Gasteiger partial charge in [-0.25, -0.2) is 0 Å². The predicted octanol–water partition coefficient (Wildman–Crippen LogP) is -0.411. The lowest BCUT2D eigenvalue weighted by Gasteiger charge is -2.14. The molecule has 0 fully saturated rings. The van der Waals surface area contributed by atoms with Crippen LogP contribution in [0.4, 0.5) is 0 Å². The van der Waals surface area contributed by atoms with E-state index in [1.54, 1.807) is 25.3 Å². The standard InChI is InChI=1S/C7H12NO3/c1-6(10)11-7(5-9)4-8(2)3/h7H,4H2,1-3H3. The van der Waals surface area contributed by atoms with Gasteiger partial charge in [-0.2, -0.15) is 0 Å². The van der Waals surface area contributed by atoms with Crippen LogP contribution in [0.25, 0.3) is 0 Å². The molecule has 0 heterocycles. The SMILES string of the molecule is CC(=O)OC([C]=O)CN(C)C. The van der Waals surface area contributed by atoms with Gasteiger partial charge in [0, 0.05) is 13.5 Å². The highest BCUT2D eigenvalue weighted by Crippen LogP contribution is 1.90. The number of hydrogen-bond donors (Lipinski definition) is 0. The number of carbonyl (C=O) groups excluding carboxylic acids is 2. The largest absolute Gasteiger partial charge is 0.453 e. The minimum absolute atomic E-state index is 0.378. The van der Waals surface area contributed by atoms with Crippen LogP contribution < -0.4 is 0 Å². The third-order valence-corrected chi connectivity index (χ3v) is 0.971. The zero-order chi connectivity index (χ0) is 8.85. The van der Waals surface area contributed by atoms with Gasteiger partial charge in [0.2, 0.25) is 6.29 Å². The molecule has 4 nitrogen and oxygen atoms in total. The molecule has 4 heteroatoms. The van der Waals surface area contributed by atoms with Crippen molar-refractivity contribution in [2.45, 2.75) is 13.0 Å². The molecule has 1 atom stereocenters. The summed E-state index contributed by atoms with van der Waals surface area (Å²) in [5.41, 5.74) is 0. The summed E-state index contributed by atoms with van der Waals surface area (Å²) < 4.78 is 4.61. The van der Waals surface area contributed by atoms with E-state index in [1.165, 1.54) is 6.92 Å². The summed E-state index contributed by atoms with van der Waals surface area (Å²) in [6.45, 7) is 1.64. The van der Waals surface area contributed by atoms with E-state index in [1.807, 2.05) is 0 Å². The Kier molecular flexibility index (Phi) is 4.45. The predicted molar refractivity (Wildman–Crippen MR) is 39.8 cm³/mol. The highest BCUT2D eigenvalue weighted by atomic mass is 16.5. The lowest BCUT2D eigenvalue weighted by molar-refractivity contribution is -0.143. The van der Waals surface area contributed by atoms with Gasteiger partial charge in [0.1, 0.15) is 0 Å². The molecular weight excluding hydrogens is 146 g/mol. The van der Waals surface area contributed by atoms with E-state index in [4.69, 9.17) is 0 Å². The van der Waals surface area contributed by atoms with Gasteiger partial charge in [-0.05, 0) is 14.1 Å². The molecule has 0 aliphatic carbocycles. The van der Waals surface area contributed by atoms with Crippen LogP contribution in [-0.2, 0) is 14.3 Å². The average molecular weight is 158 g/mol. The second kappa shape index (κ2) is 4.85. The van der Waals surface area contributed by atoms with Crippen molar-refractivity contribution in [2.24, 2.45) is 0 Å². The van der Waals surface area contributed by atoms with Gasteiger partial charge < -0.3 is 9.64 Å². The van der Waals surface area contributed by atoms with Crippen molar-refractivity contribution in [1.29, 1.82) is 0 Å². The second-order valence-electron chi connectivity index (χ2n) is 2.48. The number of ether oxygens (including phenoxy) is 1. The topological polar surface area (TPSA) is 46.6 Å². The molecule has 63 valence electrons. The van der Waals surface area contributed by atoms with Crippen molar-refractivity contribution in [2.75, 3.05) is 20.6 Å². The fourth-order valence-electron chi connectivity index (χ4n) is 0.631. The summed E-state index contributed by atoms with van der Waals surface area (Å²) >= 11 is 0. The molecule has 0 spiro atoms.